The van der Waals surface area contributed by atoms with E-state index in [1.165, 1.54) is 10.3 Å². The van der Waals surface area contributed by atoms with E-state index >= 15 is 0 Å². The maximum absolute atomic E-state index is 10.4. The van der Waals surface area contributed by atoms with Crippen LogP contribution in [0, 0.1) is 6.92 Å². The maximum atomic E-state index is 10.4. The number of aryl methyl sites for hydroxylation is 2. The number of thiazole rings is 1. The lowest BCUT2D eigenvalue weighted by Crippen LogP contribution is -1.94. The number of carbonyl (C=O) groups is 1. The van der Waals surface area contributed by atoms with Crippen LogP contribution in [0.2, 0.25) is 0 Å². The molecule has 90 valence electrons. The molecule has 0 radical (unpaired) electrons. The van der Waals surface area contributed by atoms with Crippen LogP contribution in [0.1, 0.15) is 29.8 Å². The summed E-state index contributed by atoms with van der Waals surface area (Å²) in [6.07, 6.45) is 2.76. The Morgan fingerprint density at radius 1 is 1.41 bits per heavy atom. The van der Waals surface area contributed by atoms with Crippen molar-refractivity contribution in [3.63, 3.8) is 0 Å². The van der Waals surface area contributed by atoms with Gasteiger partial charge < -0.3 is 5.11 Å². The third kappa shape index (κ3) is 3.03. The van der Waals surface area contributed by atoms with Gasteiger partial charge in [0.25, 0.3) is 0 Å². The summed E-state index contributed by atoms with van der Waals surface area (Å²) in [7, 11) is 0. The van der Waals surface area contributed by atoms with Gasteiger partial charge in [-0.25, -0.2) is 4.98 Å². The Balaban J connectivity index is 2.00. The number of hydrogen-bond donors (Lipinski definition) is 1. The fourth-order valence-corrected chi connectivity index (χ4v) is 2.88. The smallest absolute Gasteiger partial charge is 0.303 e. The van der Waals surface area contributed by atoms with Crippen LogP contribution in [0.3, 0.4) is 0 Å². The zero-order chi connectivity index (χ0) is 12.3. The zero-order valence-corrected chi connectivity index (χ0v) is 10.6. The largest absolute Gasteiger partial charge is 0.481 e. The lowest BCUT2D eigenvalue weighted by molar-refractivity contribution is -0.137. The number of aromatic nitrogens is 1. The van der Waals surface area contributed by atoms with Gasteiger partial charge in [-0.3, -0.25) is 4.79 Å². The molecule has 1 aromatic heterocycles. The molecule has 1 aromatic carbocycles. The summed E-state index contributed by atoms with van der Waals surface area (Å²) in [6.45, 7) is 2.07. The topological polar surface area (TPSA) is 50.2 Å². The minimum Gasteiger partial charge on any atom is -0.481 e. The molecule has 1 heterocycles. The Morgan fingerprint density at radius 2 is 2.24 bits per heavy atom. The van der Waals surface area contributed by atoms with Crippen LogP contribution in [0.5, 0.6) is 0 Å². The number of fused-ring (bicyclic) bond motifs is 1. The summed E-state index contributed by atoms with van der Waals surface area (Å²) in [5.74, 6) is -0.717. The molecule has 0 aliphatic carbocycles. The van der Waals surface area contributed by atoms with Crippen LogP contribution >= 0.6 is 11.3 Å². The molecule has 17 heavy (non-hydrogen) atoms. The summed E-state index contributed by atoms with van der Waals surface area (Å²) in [5.41, 5.74) is 2.29. The van der Waals surface area contributed by atoms with Crippen molar-refractivity contribution in [2.45, 2.75) is 32.6 Å². The van der Waals surface area contributed by atoms with Crippen molar-refractivity contribution in [1.29, 1.82) is 0 Å². The number of benzene rings is 1. The standard InChI is InChI=1S/C13H15NO2S/c1-9-5-4-6-10-13(9)14-11(17-10)7-2-3-8-12(15)16/h4-6H,2-3,7-8H2,1H3,(H,15,16). The fraction of sp³-hybridized carbons (Fsp3) is 0.385. The van der Waals surface area contributed by atoms with Crippen LogP contribution in [-0.2, 0) is 11.2 Å². The molecular weight excluding hydrogens is 234 g/mol. The van der Waals surface area contributed by atoms with Crippen molar-refractivity contribution in [1.82, 2.24) is 4.98 Å². The predicted molar refractivity (Wildman–Crippen MR) is 69.5 cm³/mol. The van der Waals surface area contributed by atoms with Gasteiger partial charge in [0.15, 0.2) is 0 Å². The van der Waals surface area contributed by atoms with Gasteiger partial charge in [-0.2, -0.15) is 0 Å². The van der Waals surface area contributed by atoms with E-state index in [-0.39, 0.29) is 6.42 Å². The number of carboxylic acid groups (broad SMARTS) is 1. The first-order valence-electron chi connectivity index (χ1n) is 5.73. The van der Waals surface area contributed by atoms with Crippen molar-refractivity contribution in [3.8, 4) is 0 Å². The number of nitrogens with zero attached hydrogens (tertiary/aromatic N) is 1. The number of unbranched alkanes of at least 4 members (excludes halogenated alkanes) is 1. The normalized spacial score (nSPS) is 10.9. The first kappa shape index (κ1) is 12.0. The molecular formula is C13H15NO2S. The summed E-state index contributed by atoms with van der Waals surface area (Å²) < 4.78 is 1.22. The van der Waals surface area contributed by atoms with Crippen LogP contribution in [0.15, 0.2) is 18.2 Å². The number of carboxylic acids is 1. The van der Waals surface area contributed by atoms with E-state index in [4.69, 9.17) is 5.11 Å². The number of aliphatic carboxylic acids is 1. The third-order valence-electron chi connectivity index (χ3n) is 2.70. The first-order valence-corrected chi connectivity index (χ1v) is 6.55. The van der Waals surface area contributed by atoms with Crippen molar-refractivity contribution in [2.24, 2.45) is 0 Å². The quantitative estimate of drug-likeness (QED) is 0.826. The second-order valence-electron chi connectivity index (χ2n) is 4.13. The van der Waals surface area contributed by atoms with Crippen LogP contribution < -0.4 is 0 Å². The van der Waals surface area contributed by atoms with Gasteiger partial charge in [-0.1, -0.05) is 12.1 Å². The van der Waals surface area contributed by atoms with Gasteiger partial charge in [-0.15, -0.1) is 11.3 Å². The van der Waals surface area contributed by atoms with E-state index in [2.05, 4.69) is 24.0 Å². The first-order chi connectivity index (χ1) is 8.16. The number of para-hydroxylation sites is 1. The summed E-state index contributed by atoms with van der Waals surface area (Å²) in [4.78, 5) is 15.0. The fourth-order valence-electron chi connectivity index (χ4n) is 1.79. The Hall–Kier alpha value is -1.42. The van der Waals surface area contributed by atoms with E-state index in [9.17, 15) is 4.79 Å². The minimum atomic E-state index is -0.717. The lowest BCUT2D eigenvalue weighted by Gasteiger charge is -1.94. The monoisotopic (exact) mass is 249 g/mol. The second kappa shape index (κ2) is 5.27. The Labute approximate surface area is 104 Å². The highest BCUT2D eigenvalue weighted by Gasteiger charge is 2.05. The molecule has 4 heteroatoms. The second-order valence-corrected chi connectivity index (χ2v) is 5.25. The van der Waals surface area contributed by atoms with Gasteiger partial charge in [0.2, 0.25) is 0 Å². The van der Waals surface area contributed by atoms with E-state index in [0.717, 1.165) is 29.8 Å². The molecule has 0 fully saturated rings. The average molecular weight is 249 g/mol. The van der Waals surface area contributed by atoms with Gasteiger partial charge in [0.05, 0.1) is 15.2 Å². The van der Waals surface area contributed by atoms with E-state index in [1.807, 2.05) is 6.07 Å². The van der Waals surface area contributed by atoms with Crippen molar-refractivity contribution in [3.05, 3.63) is 28.8 Å². The average Bonchev–Trinajstić information content (AvgIpc) is 2.69. The van der Waals surface area contributed by atoms with Crippen LogP contribution in [0.25, 0.3) is 10.2 Å². The molecule has 0 saturated carbocycles. The van der Waals surface area contributed by atoms with Crippen molar-refractivity contribution >= 4 is 27.5 Å². The maximum Gasteiger partial charge on any atom is 0.303 e. The van der Waals surface area contributed by atoms with E-state index < -0.39 is 5.97 Å². The summed E-state index contributed by atoms with van der Waals surface area (Å²) >= 11 is 1.71. The predicted octanol–water partition coefficient (Wildman–Crippen LogP) is 3.40. The zero-order valence-electron chi connectivity index (χ0n) is 9.77. The molecule has 0 unspecified atom stereocenters. The highest BCUT2D eigenvalue weighted by atomic mass is 32.1. The number of rotatable bonds is 5. The highest BCUT2D eigenvalue weighted by Crippen LogP contribution is 2.25. The molecule has 0 spiro atoms. The van der Waals surface area contributed by atoms with Gasteiger partial charge in [-0.05, 0) is 37.8 Å². The molecule has 0 aliphatic rings. The molecule has 0 aliphatic heterocycles. The molecule has 2 rings (SSSR count). The van der Waals surface area contributed by atoms with Gasteiger partial charge in [0.1, 0.15) is 0 Å². The van der Waals surface area contributed by atoms with E-state index in [1.54, 1.807) is 11.3 Å². The van der Waals surface area contributed by atoms with Crippen LogP contribution in [0.4, 0.5) is 0 Å². The van der Waals surface area contributed by atoms with Crippen molar-refractivity contribution in [2.75, 3.05) is 0 Å². The highest BCUT2D eigenvalue weighted by molar-refractivity contribution is 7.18. The molecule has 0 amide bonds. The molecule has 0 bridgehead atoms. The number of hydrogen-bond acceptors (Lipinski definition) is 3. The lowest BCUT2D eigenvalue weighted by atomic mass is 10.2. The third-order valence-corrected chi connectivity index (χ3v) is 3.78. The van der Waals surface area contributed by atoms with Crippen LogP contribution in [-0.4, -0.2) is 16.1 Å². The molecule has 1 N–H and O–H groups in total. The molecule has 2 aromatic rings. The summed E-state index contributed by atoms with van der Waals surface area (Å²) in [6, 6.07) is 6.20. The minimum absolute atomic E-state index is 0.254. The molecule has 3 nitrogen and oxygen atoms in total. The van der Waals surface area contributed by atoms with Crippen molar-refractivity contribution < 1.29 is 9.90 Å². The Bertz CT molecular complexity index is 533. The van der Waals surface area contributed by atoms with E-state index in [0.29, 0.717) is 0 Å². The van der Waals surface area contributed by atoms with Gasteiger partial charge in [0, 0.05) is 6.42 Å². The molecule has 0 saturated heterocycles. The molecule has 0 atom stereocenters. The van der Waals surface area contributed by atoms with Gasteiger partial charge >= 0.3 is 5.97 Å². The Kier molecular flexibility index (Phi) is 3.74. The Morgan fingerprint density at radius 3 is 2.94 bits per heavy atom. The summed E-state index contributed by atoms with van der Waals surface area (Å²) in [5, 5.41) is 9.66. The SMILES string of the molecule is Cc1cccc2sc(CCCCC(=O)O)nc12.